The van der Waals surface area contributed by atoms with Crippen molar-refractivity contribution >= 4 is 7.92 Å². The van der Waals surface area contributed by atoms with E-state index in [1.165, 1.54) is 12.8 Å². The third kappa shape index (κ3) is 2.58. The molecule has 0 aromatic rings. The van der Waals surface area contributed by atoms with E-state index >= 15 is 0 Å². The highest BCUT2D eigenvalue weighted by Gasteiger charge is 2.24. The van der Waals surface area contributed by atoms with Crippen LogP contribution >= 0.6 is 7.92 Å². The van der Waals surface area contributed by atoms with E-state index in [1.807, 2.05) is 13.8 Å². The van der Waals surface area contributed by atoms with Gasteiger partial charge >= 0.3 is 0 Å². The molecule has 0 bridgehead atoms. The van der Waals surface area contributed by atoms with Crippen molar-refractivity contribution in [2.24, 2.45) is 0 Å². The molecule has 1 aliphatic heterocycles. The summed E-state index contributed by atoms with van der Waals surface area (Å²) in [5.74, 6) is 0. The van der Waals surface area contributed by atoms with Crippen molar-refractivity contribution < 1.29 is 0 Å². The largest absolute Gasteiger partial charge is 0.104 e. The molecule has 0 aromatic carbocycles. The van der Waals surface area contributed by atoms with E-state index in [1.54, 1.807) is 0 Å². The topological polar surface area (TPSA) is 0 Å². The minimum absolute atomic E-state index is 0.413. The lowest BCUT2D eigenvalue weighted by atomic mass is 10.2. The molecule has 0 radical (unpaired) electrons. The Morgan fingerprint density at radius 3 is 1.40 bits per heavy atom. The highest BCUT2D eigenvalue weighted by Crippen LogP contribution is 2.51. The Morgan fingerprint density at radius 1 is 1.00 bits per heavy atom. The molecule has 1 heterocycles. The molecule has 0 aliphatic carbocycles. The monoisotopic (exact) mass is 160 g/mol. The molecule has 2 unspecified atom stereocenters. The molecule has 3 atom stereocenters. The van der Waals surface area contributed by atoms with Crippen LogP contribution in [0.3, 0.4) is 0 Å². The molecule has 0 aromatic heterocycles. The van der Waals surface area contributed by atoms with E-state index in [4.69, 9.17) is 0 Å². The minimum Gasteiger partial charge on any atom is -0.104 e. The predicted octanol–water partition coefficient (Wildman–Crippen LogP) is 3.70. The lowest BCUT2D eigenvalue weighted by molar-refractivity contribution is 0.777. The van der Waals surface area contributed by atoms with Crippen molar-refractivity contribution in [2.75, 3.05) is 6.66 Å². The molecule has 0 saturated carbocycles. The van der Waals surface area contributed by atoms with Gasteiger partial charge in [-0.05, 0) is 30.8 Å². The Kier molecular flexibility index (Phi) is 5.35. The van der Waals surface area contributed by atoms with Gasteiger partial charge in [0.2, 0.25) is 0 Å². The second-order valence-electron chi connectivity index (χ2n) is 2.94. The first kappa shape index (κ1) is 10.4. The van der Waals surface area contributed by atoms with Crippen LogP contribution in [0.5, 0.6) is 0 Å². The SMILES string of the molecule is CC.CC1CC[C@@H](C)P1C. The molecule has 0 amide bonds. The minimum atomic E-state index is 0.413. The maximum atomic E-state index is 2.44. The van der Waals surface area contributed by atoms with Gasteiger partial charge in [0.05, 0.1) is 0 Å². The first-order chi connectivity index (χ1) is 4.72. The van der Waals surface area contributed by atoms with Crippen molar-refractivity contribution in [2.45, 2.75) is 51.9 Å². The Morgan fingerprint density at radius 2 is 1.30 bits per heavy atom. The van der Waals surface area contributed by atoms with Crippen LogP contribution in [0, 0.1) is 0 Å². The first-order valence-corrected chi connectivity index (χ1v) is 6.36. The van der Waals surface area contributed by atoms with Crippen LogP contribution < -0.4 is 0 Å². The first-order valence-electron chi connectivity index (χ1n) is 4.43. The zero-order valence-electron chi connectivity index (χ0n) is 8.02. The highest BCUT2D eigenvalue weighted by atomic mass is 31.1. The zero-order valence-corrected chi connectivity index (χ0v) is 8.91. The maximum absolute atomic E-state index is 2.44. The van der Waals surface area contributed by atoms with Gasteiger partial charge in [0.1, 0.15) is 0 Å². The Balaban J connectivity index is 0.000000371. The lowest BCUT2D eigenvalue weighted by Gasteiger charge is -2.13. The maximum Gasteiger partial charge on any atom is -0.0237 e. The van der Waals surface area contributed by atoms with Gasteiger partial charge in [-0.1, -0.05) is 27.7 Å². The molecule has 1 saturated heterocycles. The van der Waals surface area contributed by atoms with Crippen molar-refractivity contribution in [1.82, 2.24) is 0 Å². The van der Waals surface area contributed by atoms with Crippen LogP contribution in [0.4, 0.5) is 0 Å². The van der Waals surface area contributed by atoms with Gasteiger partial charge in [0.25, 0.3) is 0 Å². The van der Waals surface area contributed by atoms with Gasteiger partial charge in [0.15, 0.2) is 0 Å². The Labute approximate surface area is 67.2 Å². The number of hydrogen-bond donors (Lipinski definition) is 0. The summed E-state index contributed by atoms with van der Waals surface area (Å²) in [7, 11) is 0.413. The summed E-state index contributed by atoms with van der Waals surface area (Å²) >= 11 is 0. The summed E-state index contributed by atoms with van der Waals surface area (Å²) in [4.78, 5) is 0. The second kappa shape index (κ2) is 5.13. The fraction of sp³-hybridized carbons (Fsp3) is 1.00. The predicted molar refractivity (Wildman–Crippen MR) is 52.4 cm³/mol. The third-order valence-electron chi connectivity index (χ3n) is 2.39. The average Bonchev–Trinajstić information content (AvgIpc) is 2.25. The molecular formula is C9H21P. The summed E-state index contributed by atoms with van der Waals surface area (Å²) in [5, 5.41) is 0. The Bertz CT molecular complexity index is 70.8. The van der Waals surface area contributed by atoms with Crippen molar-refractivity contribution in [3.63, 3.8) is 0 Å². The van der Waals surface area contributed by atoms with E-state index in [0.717, 1.165) is 11.3 Å². The zero-order chi connectivity index (χ0) is 8.15. The van der Waals surface area contributed by atoms with E-state index in [0.29, 0.717) is 7.92 Å². The fourth-order valence-electron chi connectivity index (χ4n) is 1.32. The molecule has 1 heteroatoms. The summed E-state index contributed by atoms with van der Waals surface area (Å²) in [6.07, 6.45) is 2.98. The summed E-state index contributed by atoms with van der Waals surface area (Å²) in [6, 6.07) is 0. The third-order valence-corrected chi connectivity index (χ3v) is 5.69. The van der Waals surface area contributed by atoms with Crippen LogP contribution in [0.2, 0.25) is 0 Å². The standard InChI is InChI=1S/C7H15P.C2H6/c1-6-4-5-7(2)8(6)3;1-2/h6-7H,4-5H2,1-3H3;1-2H3/t6-,7?,8?;/m1./s1. The molecule has 62 valence electrons. The van der Waals surface area contributed by atoms with Gasteiger partial charge < -0.3 is 0 Å². The van der Waals surface area contributed by atoms with Crippen LogP contribution in [-0.4, -0.2) is 18.0 Å². The smallest absolute Gasteiger partial charge is 0.0237 e. The second-order valence-corrected chi connectivity index (χ2v) is 6.03. The molecule has 1 fully saturated rings. The van der Waals surface area contributed by atoms with Gasteiger partial charge in [-0.2, -0.15) is 0 Å². The van der Waals surface area contributed by atoms with Crippen LogP contribution in [0.15, 0.2) is 0 Å². The van der Waals surface area contributed by atoms with Crippen molar-refractivity contribution in [3.05, 3.63) is 0 Å². The number of hydrogen-bond acceptors (Lipinski definition) is 0. The summed E-state index contributed by atoms with van der Waals surface area (Å²) < 4.78 is 0. The van der Waals surface area contributed by atoms with Crippen LogP contribution in [-0.2, 0) is 0 Å². The van der Waals surface area contributed by atoms with Crippen molar-refractivity contribution in [3.8, 4) is 0 Å². The van der Waals surface area contributed by atoms with Gasteiger partial charge in [-0.3, -0.25) is 0 Å². The van der Waals surface area contributed by atoms with Gasteiger partial charge in [-0.25, -0.2) is 0 Å². The molecule has 0 N–H and O–H groups in total. The van der Waals surface area contributed by atoms with Gasteiger partial charge in [0, 0.05) is 0 Å². The average molecular weight is 160 g/mol. The van der Waals surface area contributed by atoms with Crippen LogP contribution in [0.25, 0.3) is 0 Å². The highest BCUT2D eigenvalue weighted by molar-refractivity contribution is 7.58. The summed E-state index contributed by atoms with van der Waals surface area (Å²) in [6.45, 7) is 11.2. The molecule has 10 heavy (non-hydrogen) atoms. The van der Waals surface area contributed by atoms with E-state index in [-0.39, 0.29) is 0 Å². The van der Waals surface area contributed by atoms with E-state index in [9.17, 15) is 0 Å². The number of rotatable bonds is 0. The van der Waals surface area contributed by atoms with Crippen molar-refractivity contribution in [1.29, 1.82) is 0 Å². The molecular weight excluding hydrogens is 139 g/mol. The normalized spacial score (nSPS) is 38.7. The molecule has 0 nitrogen and oxygen atoms in total. The molecule has 1 rings (SSSR count). The van der Waals surface area contributed by atoms with E-state index < -0.39 is 0 Å². The quantitative estimate of drug-likeness (QED) is 0.474. The fourth-order valence-corrected chi connectivity index (χ4v) is 3.31. The Hall–Kier alpha value is 0.430. The molecule has 0 spiro atoms. The van der Waals surface area contributed by atoms with Gasteiger partial charge in [-0.15, -0.1) is 7.92 Å². The summed E-state index contributed by atoms with van der Waals surface area (Å²) in [5.41, 5.74) is 2.11. The van der Waals surface area contributed by atoms with E-state index in [2.05, 4.69) is 20.5 Å². The lowest BCUT2D eigenvalue weighted by Crippen LogP contribution is -1.92. The van der Waals surface area contributed by atoms with Crippen LogP contribution in [0.1, 0.15) is 40.5 Å². The molecule has 1 aliphatic rings.